The molecule has 4 heteroatoms. The number of para-hydroxylation sites is 4. The Labute approximate surface area is 264 Å². The van der Waals surface area contributed by atoms with Crippen LogP contribution in [0.25, 0.3) is 88.2 Å². The fourth-order valence-corrected chi connectivity index (χ4v) is 7.29. The molecule has 0 saturated heterocycles. The molecule has 0 aliphatic carbocycles. The summed E-state index contributed by atoms with van der Waals surface area (Å²) in [5.41, 5.74) is 8.64. The molecule has 3 aromatic heterocycles. The molecule has 4 nitrogen and oxygen atoms in total. The lowest BCUT2D eigenvalue weighted by molar-refractivity contribution is 1.01. The number of benzene rings is 7. The Morgan fingerprint density at radius 1 is 0.391 bits per heavy atom. The number of rotatable bonds is 3. The van der Waals surface area contributed by atoms with Crippen molar-refractivity contribution in [2.24, 2.45) is 0 Å². The van der Waals surface area contributed by atoms with Gasteiger partial charge >= 0.3 is 0 Å². The molecule has 0 spiro atoms. The van der Waals surface area contributed by atoms with Crippen molar-refractivity contribution in [3.63, 3.8) is 0 Å². The Hall–Kier alpha value is -6.26. The predicted molar refractivity (Wildman–Crippen MR) is 191 cm³/mol. The lowest BCUT2D eigenvalue weighted by Gasteiger charge is -2.13. The molecule has 0 bridgehead atoms. The van der Waals surface area contributed by atoms with Gasteiger partial charge in [-0.25, -0.2) is 9.97 Å². The van der Waals surface area contributed by atoms with Crippen molar-refractivity contribution in [3.05, 3.63) is 158 Å². The second-order valence-corrected chi connectivity index (χ2v) is 11.8. The molecular formula is C42H26N4. The highest BCUT2D eigenvalue weighted by atomic mass is 15.2. The van der Waals surface area contributed by atoms with Gasteiger partial charge in [0.1, 0.15) is 0 Å². The molecule has 0 fully saturated rings. The molecule has 10 rings (SSSR count). The SMILES string of the molecule is c1ccc(-c2nc(-n3c4ccccc4c4cc5ccc6c7ccccc7n(-c7ccccc7)c6c5cc43)nc3ccccc23)cc1. The van der Waals surface area contributed by atoms with Crippen molar-refractivity contribution in [1.29, 1.82) is 0 Å². The third-order valence-electron chi connectivity index (χ3n) is 9.30. The van der Waals surface area contributed by atoms with Crippen LogP contribution in [0.2, 0.25) is 0 Å². The Kier molecular flexibility index (Phi) is 5.25. The highest BCUT2D eigenvalue weighted by Crippen LogP contribution is 2.41. The predicted octanol–water partition coefficient (Wildman–Crippen LogP) is 10.6. The first kappa shape index (κ1) is 25.1. The zero-order chi connectivity index (χ0) is 30.2. The summed E-state index contributed by atoms with van der Waals surface area (Å²) >= 11 is 0. The molecule has 0 unspecified atom stereocenters. The van der Waals surface area contributed by atoms with Gasteiger partial charge in [0, 0.05) is 43.6 Å². The van der Waals surface area contributed by atoms with Gasteiger partial charge in [0.05, 0.1) is 33.3 Å². The number of hydrogen-bond donors (Lipinski definition) is 0. The summed E-state index contributed by atoms with van der Waals surface area (Å²) in [5, 5.41) is 8.28. The standard InChI is InChI=1S/C42H26N4/c1-3-13-27(14-4-1)40-33-19-7-10-20-36(33)43-42(44-40)46-38-22-12-9-18-31(38)35-25-28-23-24-32-30-17-8-11-21-37(30)45(29-15-5-2-6-16-29)41(32)34(28)26-39(35)46/h1-26H. The van der Waals surface area contributed by atoms with Crippen LogP contribution in [0, 0.1) is 0 Å². The van der Waals surface area contributed by atoms with Crippen molar-refractivity contribution in [1.82, 2.24) is 19.1 Å². The Morgan fingerprint density at radius 2 is 1.02 bits per heavy atom. The lowest BCUT2D eigenvalue weighted by Crippen LogP contribution is -2.03. The van der Waals surface area contributed by atoms with Crippen LogP contribution in [0.1, 0.15) is 0 Å². The van der Waals surface area contributed by atoms with Gasteiger partial charge in [-0.3, -0.25) is 4.57 Å². The fourth-order valence-electron chi connectivity index (χ4n) is 7.29. The summed E-state index contributed by atoms with van der Waals surface area (Å²) in [7, 11) is 0. The molecule has 0 saturated carbocycles. The van der Waals surface area contributed by atoms with Crippen molar-refractivity contribution in [2.75, 3.05) is 0 Å². The van der Waals surface area contributed by atoms with Gasteiger partial charge in [0.2, 0.25) is 5.95 Å². The summed E-state index contributed by atoms with van der Waals surface area (Å²) in [5.74, 6) is 0.666. The summed E-state index contributed by atoms with van der Waals surface area (Å²) in [6.45, 7) is 0. The normalized spacial score (nSPS) is 11.9. The van der Waals surface area contributed by atoms with E-state index in [1.165, 1.54) is 43.4 Å². The average Bonchev–Trinajstić information content (AvgIpc) is 3.64. The van der Waals surface area contributed by atoms with Gasteiger partial charge in [-0.1, -0.05) is 115 Å². The second kappa shape index (κ2) is 9.62. The third-order valence-corrected chi connectivity index (χ3v) is 9.30. The van der Waals surface area contributed by atoms with Gasteiger partial charge in [-0.15, -0.1) is 0 Å². The van der Waals surface area contributed by atoms with Crippen LogP contribution in [0.4, 0.5) is 0 Å². The zero-order valence-corrected chi connectivity index (χ0v) is 24.8. The van der Waals surface area contributed by atoms with Gasteiger partial charge in [0.15, 0.2) is 0 Å². The van der Waals surface area contributed by atoms with Gasteiger partial charge in [-0.2, -0.15) is 0 Å². The average molecular weight is 587 g/mol. The summed E-state index contributed by atoms with van der Waals surface area (Å²) in [6.07, 6.45) is 0. The molecule has 0 radical (unpaired) electrons. The molecule has 0 atom stereocenters. The monoisotopic (exact) mass is 586 g/mol. The lowest BCUT2D eigenvalue weighted by atomic mass is 10.0. The van der Waals surface area contributed by atoms with Crippen LogP contribution in [0.15, 0.2) is 158 Å². The molecule has 10 aromatic rings. The first-order valence-corrected chi connectivity index (χ1v) is 15.6. The van der Waals surface area contributed by atoms with E-state index in [-0.39, 0.29) is 0 Å². The maximum Gasteiger partial charge on any atom is 0.235 e. The highest BCUT2D eigenvalue weighted by Gasteiger charge is 2.20. The first-order chi connectivity index (χ1) is 22.8. The van der Waals surface area contributed by atoms with Gasteiger partial charge < -0.3 is 4.57 Å². The Morgan fingerprint density at radius 3 is 1.80 bits per heavy atom. The molecule has 0 aliphatic rings. The topological polar surface area (TPSA) is 35.6 Å². The molecule has 0 amide bonds. The third kappa shape index (κ3) is 3.55. The van der Waals surface area contributed by atoms with E-state index in [9.17, 15) is 0 Å². The molecule has 46 heavy (non-hydrogen) atoms. The molecule has 7 aromatic carbocycles. The maximum atomic E-state index is 5.30. The number of fused-ring (bicyclic) bond motifs is 9. The van der Waals surface area contributed by atoms with Crippen molar-refractivity contribution in [3.8, 4) is 22.9 Å². The minimum absolute atomic E-state index is 0.666. The van der Waals surface area contributed by atoms with E-state index in [1.54, 1.807) is 0 Å². The summed E-state index contributed by atoms with van der Waals surface area (Å²) < 4.78 is 4.66. The van der Waals surface area contributed by atoms with Crippen LogP contribution in [0.3, 0.4) is 0 Å². The summed E-state index contributed by atoms with van der Waals surface area (Å²) in [4.78, 5) is 10.5. The van der Waals surface area contributed by atoms with Crippen molar-refractivity contribution >= 4 is 65.3 Å². The summed E-state index contributed by atoms with van der Waals surface area (Å²) in [6, 6.07) is 55.9. The van der Waals surface area contributed by atoms with Crippen LogP contribution < -0.4 is 0 Å². The molecule has 0 aliphatic heterocycles. The number of aromatic nitrogens is 4. The Balaban J connectivity index is 1.37. The van der Waals surface area contributed by atoms with Gasteiger partial charge in [0.25, 0.3) is 0 Å². The van der Waals surface area contributed by atoms with Crippen LogP contribution in [0.5, 0.6) is 0 Å². The quantitative estimate of drug-likeness (QED) is 0.206. The van der Waals surface area contributed by atoms with Gasteiger partial charge in [-0.05, 0) is 47.9 Å². The smallest absolute Gasteiger partial charge is 0.235 e. The molecule has 3 heterocycles. The fraction of sp³-hybridized carbons (Fsp3) is 0. The maximum absolute atomic E-state index is 5.30. The van der Waals surface area contributed by atoms with Crippen LogP contribution in [-0.2, 0) is 0 Å². The minimum Gasteiger partial charge on any atom is -0.309 e. The minimum atomic E-state index is 0.666. The first-order valence-electron chi connectivity index (χ1n) is 15.6. The van der Waals surface area contributed by atoms with E-state index in [2.05, 4.69) is 155 Å². The Bertz CT molecular complexity index is 2790. The van der Waals surface area contributed by atoms with E-state index < -0.39 is 0 Å². The van der Waals surface area contributed by atoms with Crippen LogP contribution in [-0.4, -0.2) is 19.1 Å². The van der Waals surface area contributed by atoms with E-state index in [4.69, 9.17) is 9.97 Å². The number of nitrogens with zero attached hydrogens (tertiary/aromatic N) is 4. The molecule has 214 valence electrons. The number of hydrogen-bond acceptors (Lipinski definition) is 2. The zero-order valence-electron chi connectivity index (χ0n) is 24.8. The second-order valence-electron chi connectivity index (χ2n) is 11.8. The highest BCUT2D eigenvalue weighted by molar-refractivity contribution is 6.22. The molecule has 0 N–H and O–H groups in total. The van der Waals surface area contributed by atoms with Crippen molar-refractivity contribution < 1.29 is 0 Å². The van der Waals surface area contributed by atoms with Crippen LogP contribution >= 0.6 is 0 Å². The largest absolute Gasteiger partial charge is 0.309 e. The van der Waals surface area contributed by atoms with Crippen molar-refractivity contribution in [2.45, 2.75) is 0 Å². The van der Waals surface area contributed by atoms with E-state index in [0.29, 0.717) is 5.95 Å². The van der Waals surface area contributed by atoms with E-state index >= 15 is 0 Å². The molecular weight excluding hydrogens is 560 g/mol. The van der Waals surface area contributed by atoms with E-state index in [1.807, 2.05) is 12.1 Å². The van der Waals surface area contributed by atoms with E-state index in [0.717, 1.165) is 38.9 Å².